The van der Waals surface area contributed by atoms with E-state index < -0.39 is 0 Å². The second-order valence-electron chi connectivity index (χ2n) is 4.13. The van der Waals surface area contributed by atoms with Crippen molar-refractivity contribution in [2.24, 2.45) is 4.99 Å². The Bertz CT molecular complexity index is 540. The van der Waals surface area contributed by atoms with E-state index in [2.05, 4.69) is 38.1 Å². The van der Waals surface area contributed by atoms with Crippen LogP contribution < -0.4 is 10.6 Å². The van der Waals surface area contributed by atoms with Crippen LogP contribution in [-0.2, 0) is 13.1 Å². The first-order valence-corrected chi connectivity index (χ1v) is 7.05. The Morgan fingerprint density at radius 1 is 1.20 bits per heavy atom. The van der Waals surface area contributed by atoms with Crippen LogP contribution in [-0.4, -0.2) is 18.0 Å². The number of rotatable bonds is 4. The number of nitrogens with zero attached hydrogens (tertiary/aromatic N) is 2. The highest BCUT2D eigenvalue weighted by Crippen LogP contribution is 2.07. The highest BCUT2D eigenvalue weighted by atomic mass is 127. The van der Waals surface area contributed by atoms with E-state index in [4.69, 9.17) is 0 Å². The van der Waals surface area contributed by atoms with E-state index in [9.17, 15) is 0 Å². The summed E-state index contributed by atoms with van der Waals surface area (Å²) in [6, 6.07) is 10.2. The summed E-state index contributed by atoms with van der Waals surface area (Å²) in [6.45, 7) is 3.46. The zero-order valence-electron chi connectivity index (χ0n) is 11.6. The molecule has 108 valence electrons. The molecule has 2 aromatic heterocycles. The molecule has 0 radical (unpaired) electrons. The van der Waals surface area contributed by atoms with E-state index in [1.165, 1.54) is 4.88 Å². The zero-order chi connectivity index (χ0) is 13.5. The van der Waals surface area contributed by atoms with E-state index in [-0.39, 0.29) is 24.0 Å². The molecular formula is C14H19IN4S. The number of hydrogen-bond donors (Lipinski definition) is 2. The number of nitrogens with one attached hydrogen (secondary N) is 2. The molecule has 0 amide bonds. The van der Waals surface area contributed by atoms with Crippen molar-refractivity contribution >= 4 is 41.3 Å². The first kappa shape index (κ1) is 16.9. The Balaban J connectivity index is 0.00000200. The topological polar surface area (TPSA) is 49.3 Å². The van der Waals surface area contributed by atoms with Crippen LogP contribution in [0, 0.1) is 6.92 Å². The van der Waals surface area contributed by atoms with Gasteiger partial charge in [0.15, 0.2) is 5.96 Å². The van der Waals surface area contributed by atoms with Gasteiger partial charge in [-0.1, -0.05) is 12.1 Å². The summed E-state index contributed by atoms with van der Waals surface area (Å²) in [4.78, 5) is 9.93. The van der Waals surface area contributed by atoms with Crippen molar-refractivity contribution in [1.29, 1.82) is 0 Å². The molecule has 0 aliphatic carbocycles. The molecular weight excluding hydrogens is 383 g/mol. The zero-order valence-corrected chi connectivity index (χ0v) is 14.7. The van der Waals surface area contributed by atoms with Gasteiger partial charge in [-0.25, -0.2) is 0 Å². The molecule has 2 heterocycles. The van der Waals surface area contributed by atoms with Crippen LogP contribution in [0.5, 0.6) is 0 Å². The molecule has 0 saturated carbocycles. The van der Waals surface area contributed by atoms with Gasteiger partial charge in [-0.3, -0.25) is 9.98 Å². The van der Waals surface area contributed by atoms with Crippen LogP contribution in [0.2, 0.25) is 0 Å². The van der Waals surface area contributed by atoms with Gasteiger partial charge >= 0.3 is 0 Å². The van der Waals surface area contributed by atoms with Gasteiger partial charge in [0.2, 0.25) is 0 Å². The molecule has 0 fully saturated rings. The van der Waals surface area contributed by atoms with E-state index in [0.29, 0.717) is 6.54 Å². The molecule has 2 aromatic rings. The maximum atomic E-state index is 4.45. The van der Waals surface area contributed by atoms with E-state index in [1.807, 2.05) is 25.1 Å². The number of guanidine groups is 1. The van der Waals surface area contributed by atoms with Crippen LogP contribution in [0.4, 0.5) is 0 Å². The fourth-order valence-electron chi connectivity index (χ4n) is 1.68. The average molecular weight is 402 g/mol. The number of aliphatic imine (C=N–C) groups is 1. The van der Waals surface area contributed by atoms with Crippen LogP contribution in [0.15, 0.2) is 40.7 Å². The third kappa shape index (κ3) is 5.46. The number of hydrogen-bond acceptors (Lipinski definition) is 3. The third-order valence-corrected chi connectivity index (χ3v) is 3.49. The van der Waals surface area contributed by atoms with E-state index in [0.717, 1.165) is 23.9 Å². The minimum Gasteiger partial charge on any atom is -0.352 e. The Morgan fingerprint density at radius 2 is 2.00 bits per heavy atom. The Kier molecular flexibility index (Phi) is 7.53. The SMILES string of the molecule is CN=C(NCc1cccc(C)n1)NCc1cccs1.I. The quantitative estimate of drug-likeness (QED) is 0.470. The summed E-state index contributed by atoms with van der Waals surface area (Å²) in [6.07, 6.45) is 0. The molecule has 20 heavy (non-hydrogen) atoms. The monoisotopic (exact) mass is 402 g/mol. The molecule has 0 spiro atoms. The lowest BCUT2D eigenvalue weighted by atomic mass is 10.3. The summed E-state index contributed by atoms with van der Waals surface area (Å²) < 4.78 is 0. The second kappa shape index (κ2) is 8.91. The summed E-state index contributed by atoms with van der Waals surface area (Å²) in [5.74, 6) is 0.789. The first-order chi connectivity index (χ1) is 9.28. The number of aromatic nitrogens is 1. The van der Waals surface area contributed by atoms with Gasteiger partial charge in [-0.05, 0) is 30.5 Å². The lowest BCUT2D eigenvalue weighted by Gasteiger charge is -2.11. The van der Waals surface area contributed by atoms with Crippen molar-refractivity contribution in [3.63, 3.8) is 0 Å². The number of halogens is 1. The van der Waals surface area contributed by atoms with Gasteiger partial charge in [0.25, 0.3) is 0 Å². The van der Waals surface area contributed by atoms with Crippen LogP contribution in [0.25, 0.3) is 0 Å². The van der Waals surface area contributed by atoms with Gasteiger partial charge < -0.3 is 10.6 Å². The smallest absolute Gasteiger partial charge is 0.191 e. The largest absolute Gasteiger partial charge is 0.352 e. The van der Waals surface area contributed by atoms with Crippen LogP contribution >= 0.6 is 35.3 Å². The van der Waals surface area contributed by atoms with Gasteiger partial charge in [-0.15, -0.1) is 35.3 Å². The predicted molar refractivity (Wildman–Crippen MR) is 95.7 cm³/mol. The molecule has 0 saturated heterocycles. The molecule has 2 rings (SSSR count). The van der Waals surface area contributed by atoms with Crippen molar-refractivity contribution in [3.05, 3.63) is 52.0 Å². The van der Waals surface area contributed by atoms with Crippen molar-refractivity contribution in [2.75, 3.05) is 7.05 Å². The normalized spacial score (nSPS) is 10.8. The van der Waals surface area contributed by atoms with Crippen molar-refractivity contribution in [3.8, 4) is 0 Å². The van der Waals surface area contributed by atoms with Gasteiger partial charge in [0, 0.05) is 17.6 Å². The summed E-state index contributed by atoms with van der Waals surface area (Å²) >= 11 is 1.73. The lowest BCUT2D eigenvalue weighted by molar-refractivity contribution is 0.796. The van der Waals surface area contributed by atoms with Crippen LogP contribution in [0.1, 0.15) is 16.3 Å². The highest BCUT2D eigenvalue weighted by molar-refractivity contribution is 14.0. The third-order valence-electron chi connectivity index (χ3n) is 2.62. The molecule has 0 unspecified atom stereocenters. The van der Waals surface area contributed by atoms with Crippen molar-refractivity contribution in [1.82, 2.24) is 15.6 Å². The molecule has 0 atom stereocenters. The number of pyridine rings is 1. The maximum absolute atomic E-state index is 4.45. The summed E-state index contributed by atoms with van der Waals surface area (Å²) in [5, 5.41) is 8.61. The van der Waals surface area contributed by atoms with E-state index >= 15 is 0 Å². The lowest BCUT2D eigenvalue weighted by Crippen LogP contribution is -2.36. The number of thiophene rings is 1. The molecule has 0 aliphatic heterocycles. The van der Waals surface area contributed by atoms with Crippen molar-refractivity contribution < 1.29 is 0 Å². The van der Waals surface area contributed by atoms with Crippen molar-refractivity contribution in [2.45, 2.75) is 20.0 Å². The molecule has 4 nitrogen and oxygen atoms in total. The molecule has 0 aromatic carbocycles. The van der Waals surface area contributed by atoms with E-state index in [1.54, 1.807) is 18.4 Å². The standard InChI is InChI=1S/C14H18N4S.HI/c1-11-5-3-6-12(18-11)9-16-14(15-2)17-10-13-7-4-8-19-13;/h3-8H,9-10H2,1-2H3,(H2,15,16,17);1H. The first-order valence-electron chi connectivity index (χ1n) is 6.17. The Hall–Kier alpha value is -1.15. The van der Waals surface area contributed by atoms with Gasteiger partial charge in [-0.2, -0.15) is 0 Å². The second-order valence-corrected chi connectivity index (χ2v) is 5.16. The molecule has 6 heteroatoms. The summed E-state index contributed by atoms with van der Waals surface area (Å²) in [5.41, 5.74) is 2.04. The minimum absolute atomic E-state index is 0. The highest BCUT2D eigenvalue weighted by Gasteiger charge is 2.00. The van der Waals surface area contributed by atoms with Gasteiger partial charge in [0.05, 0.1) is 18.8 Å². The maximum Gasteiger partial charge on any atom is 0.191 e. The van der Waals surface area contributed by atoms with Crippen LogP contribution in [0.3, 0.4) is 0 Å². The molecule has 0 aliphatic rings. The van der Waals surface area contributed by atoms with Gasteiger partial charge in [0.1, 0.15) is 0 Å². The number of aryl methyl sites for hydroxylation is 1. The molecule has 2 N–H and O–H groups in total. The Labute approximate surface area is 140 Å². The fraction of sp³-hybridized carbons (Fsp3) is 0.286. The fourth-order valence-corrected chi connectivity index (χ4v) is 2.32. The predicted octanol–water partition coefficient (Wildman–Crippen LogP) is 2.93. The summed E-state index contributed by atoms with van der Waals surface area (Å²) in [7, 11) is 1.77. The molecule has 0 bridgehead atoms. The Morgan fingerprint density at radius 3 is 2.65 bits per heavy atom. The minimum atomic E-state index is 0. The average Bonchev–Trinajstić information content (AvgIpc) is 2.92.